The van der Waals surface area contributed by atoms with Crippen LogP contribution in [0.25, 0.3) is 0 Å². The van der Waals surface area contributed by atoms with Gasteiger partial charge >= 0.3 is 0 Å². The van der Waals surface area contributed by atoms with E-state index in [0.717, 1.165) is 0 Å². The molecule has 1 aromatic heterocycles. The molecule has 0 aliphatic rings. The van der Waals surface area contributed by atoms with E-state index in [-0.39, 0.29) is 5.78 Å². The zero-order valence-electron chi connectivity index (χ0n) is 5.66. The Kier molecular flexibility index (Phi) is 1.87. The van der Waals surface area contributed by atoms with Crippen LogP contribution in [0.4, 0.5) is 0 Å². The van der Waals surface area contributed by atoms with E-state index < -0.39 is 6.10 Å². The van der Waals surface area contributed by atoms with Gasteiger partial charge in [0, 0.05) is 6.20 Å². The molecule has 0 unspecified atom stereocenters. The average Bonchev–Trinajstić information content (AvgIpc) is 2.36. The topological polar surface area (TPSA) is 53.1 Å². The van der Waals surface area contributed by atoms with Crippen LogP contribution in [0.5, 0.6) is 0 Å². The summed E-state index contributed by atoms with van der Waals surface area (Å²) >= 11 is 0. The highest BCUT2D eigenvalue weighted by Gasteiger charge is 2.11. The molecule has 0 spiro atoms. The number of aliphatic hydroxyl groups excluding tert-OH is 1. The minimum atomic E-state index is -0.918. The van der Waals surface area contributed by atoms with Crippen LogP contribution < -0.4 is 0 Å². The molecule has 0 bridgehead atoms. The van der Waals surface area contributed by atoms with Gasteiger partial charge in [-0.15, -0.1) is 0 Å². The molecule has 3 heteroatoms. The van der Waals surface area contributed by atoms with Crippen molar-refractivity contribution in [2.45, 2.75) is 13.0 Å². The highest BCUT2D eigenvalue weighted by atomic mass is 16.3. The van der Waals surface area contributed by atoms with Crippen molar-refractivity contribution >= 4 is 5.78 Å². The smallest absolute Gasteiger partial charge is 0.207 e. The van der Waals surface area contributed by atoms with Crippen LogP contribution in [-0.2, 0) is 0 Å². The van der Waals surface area contributed by atoms with Gasteiger partial charge in [0.25, 0.3) is 0 Å². The van der Waals surface area contributed by atoms with Crippen LogP contribution in [0.1, 0.15) is 17.4 Å². The summed E-state index contributed by atoms with van der Waals surface area (Å²) in [5.74, 6) is -0.273. The SMILES string of the molecule is C[C@H](O)C(=O)c1ccc[nH]1. The van der Waals surface area contributed by atoms with Gasteiger partial charge in [-0.05, 0) is 19.1 Å². The number of aliphatic hydroxyl groups is 1. The molecule has 0 aliphatic carbocycles. The molecular weight excluding hydrogens is 130 g/mol. The van der Waals surface area contributed by atoms with Gasteiger partial charge in [0.15, 0.2) is 0 Å². The average molecular weight is 139 g/mol. The standard InChI is InChI=1S/C7H9NO2/c1-5(9)7(10)6-3-2-4-8-6/h2-5,8-9H,1H3/t5-/m0/s1. The zero-order chi connectivity index (χ0) is 7.56. The lowest BCUT2D eigenvalue weighted by atomic mass is 10.2. The Morgan fingerprint density at radius 2 is 2.50 bits per heavy atom. The third-order valence-electron chi connectivity index (χ3n) is 1.24. The summed E-state index contributed by atoms with van der Waals surface area (Å²) in [5.41, 5.74) is 0.454. The van der Waals surface area contributed by atoms with E-state index in [1.165, 1.54) is 6.92 Å². The summed E-state index contributed by atoms with van der Waals surface area (Å²) in [7, 11) is 0. The van der Waals surface area contributed by atoms with Gasteiger partial charge in [-0.2, -0.15) is 0 Å². The van der Waals surface area contributed by atoms with Gasteiger partial charge < -0.3 is 10.1 Å². The fraction of sp³-hybridized carbons (Fsp3) is 0.286. The number of hydrogen-bond donors (Lipinski definition) is 2. The normalized spacial score (nSPS) is 13.0. The van der Waals surface area contributed by atoms with Crippen molar-refractivity contribution in [1.82, 2.24) is 4.98 Å². The number of Topliss-reactive ketones (excluding diaryl/α,β-unsaturated/α-hetero) is 1. The maximum absolute atomic E-state index is 10.9. The quantitative estimate of drug-likeness (QED) is 0.589. The van der Waals surface area contributed by atoms with Crippen molar-refractivity contribution in [2.75, 3.05) is 0 Å². The summed E-state index contributed by atoms with van der Waals surface area (Å²) in [6, 6.07) is 3.35. The molecule has 10 heavy (non-hydrogen) atoms. The van der Waals surface area contributed by atoms with E-state index in [4.69, 9.17) is 5.11 Å². The summed E-state index contributed by atoms with van der Waals surface area (Å²) < 4.78 is 0. The van der Waals surface area contributed by atoms with Gasteiger partial charge in [0.05, 0.1) is 5.69 Å². The number of nitrogens with one attached hydrogen (secondary N) is 1. The molecular formula is C7H9NO2. The van der Waals surface area contributed by atoms with Gasteiger partial charge in [-0.3, -0.25) is 4.79 Å². The fourth-order valence-electron chi connectivity index (χ4n) is 0.709. The Morgan fingerprint density at radius 3 is 2.90 bits per heavy atom. The van der Waals surface area contributed by atoms with Crippen molar-refractivity contribution in [3.63, 3.8) is 0 Å². The van der Waals surface area contributed by atoms with Gasteiger partial charge in [-0.25, -0.2) is 0 Å². The third-order valence-corrected chi connectivity index (χ3v) is 1.24. The van der Waals surface area contributed by atoms with Crippen LogP contribution in [0.15, 0.2) is 18.3 Å². The first-order valence-electron chi connectivity index (χ1n) is 3.07. The van der Waals surface area contributed by atoms with E-state index in [1.54, 1.807) is 18.3 Å². The fourth-order valence-corrected chi connectivity index (χ4v) is 0.709. The van der Waals surface area contributed by atoms with Crippen LogP contribution in [0.3, 0.4) is 0 Å². The first-order chi connectivity index (χ1) is 4.72. The molecule has 2 N–H and O–H groups in total. The summed E-state index contributed by atoms with van der Waals surface area (Å²) in [4.78, 5) is 13.6. The monoisotopic (exact) mass is 139 g/mol. The van der Waals surface area contributed by atoms with Crippen molar-refractivity contribution in [1.29, 1.82) is 0 Å². The van der Waals surface area contributed by atoms with E-state index in [2.05, 4.69) is 4.98 Å². The van der Waals surface area contributed by atoms with Crippen LogP contribution >= 0.6 is 0 Å². The van der Waals surface area contributed by atoms with Crippen molar-refractivity contribution in [3.8, 4) is 0 Å². The van der Waals surface area contributed by atoms with E-state index in [0.29, 0.717) is 5.69 Å². The van der Waals surface area contributed by atoms with Crippen molar-refractivity contribution < 1.29 is 9.90 Å². The van der Waals surface area contributed by atoms with Gasteiger partial charge in [0.1, 0.15) is 6.10 Å². The first-order valence-corrected chi connectivity index (χ1v) is 3.07. The van der Waals surface area contributed by atoms with Gasteiger partial charge in [0.2, 0.25) is 5.78 Å². The molecule has 1 heterocycles. The number of aromatic amines is 1. The lowest BCUT2D eigenvalue weighted by molar-refractivity contribution is 0.0775. The minimum absolute atomic E-state index is 0.273. The molecule has 1 rings (SSSR count). The predicted molar refractivity (Wildman–Crippen MR) is 36.8 cm³/mol. The molecule has 0 amide bonds. The van der Waals surface area contributed by atoms with Crippen molar-refractivity contribution in [2.24, 2.45) is 0 Å². The third kappa shape index (κ3) is 1.25. The second kappa shape index (κ2) is 2.66. The van der Waals surface area contributed by atoms with Crippen LogP contribution in [-0.4, -0.2) is 22.0 Å². The first kappa shape index (κ1) is 7.02. The zero-order valence-corrected chi connectivity index (χ0v) is 5.66. The number of rotatable bonds is 2. The molecule has 3 nitrogen and oxygen atoms in total. The van der Waals surface area contributed by atoms with Crippen molar-refractivity contribution in [3.05, 3.63) is 24.0 Å². The molecule has 0 radical (unpaired) electrons. The molecule has 1 atom stereocenters. The maximum Gasteiger partial charge on any atom is 0.207 e. The van der Waals surface area contributed by atoms with Crippen LogP contribution in [0.2, 0.25) is 0 Å². The molecule has 0 saturated carbocycles. The lowest BCUT2D eigenvalue weighted by Crippen LogP contribution is -2.16. The Hall–Kier alpha value is -1.09. The Balaban J connectivity index is 2.78. The largest absolute Gasteiger partial charge is 0.385 e. The number of H-pyrrole nitrogens is 1. The Morgan fingerprint density at radius 1 is 1.80 bits per heavy atom. The summed E-state index contributed by atoms with van der Waals surface area (Å²) in [5, 5.41) is 8.82. The molecule has 0 aliphatic heterocycles. The Bertz CT molecular complexity index is 214. The van der Waals surface area contributed by atoms with E-state index in [1.807, 2.05) is 0 Å². The number of ketones is 1. The second-order valence-electron chi connectivity index (χ2n) is 2.12. The lowest BCUT2D eigenvalue weighted by Gasteiger charge is -1.98. The molecule has 1 aromatic rings. The highest BCUT2D eigenvalue weighted by Crippen LogP contribution is 1.98. The summed E-state index contributed by atoms with van der Waals surface area (Å²) in [6.45, 7) is 1.45. The molecule has 0 saturated heterocycles. The number of carbonyl (C=O) groups is 1. The van der Waals surface area contributed by atoms with Crippen LogP contribution in [0, 0.1) is 0 Å². The summed E-state index contributed by atoms with van der Waals surface area (Å²) in [6.07, 6.45) is 0.731. The van der Waals surface area contributed by atoms with E-state index in [9.17, 15) is 4.79 Å². The predicted octanol–water partition coefficient (Wildman–Crippen LogP) is 0.578. The van der Waals surface area contributed by atoms with Gasteiger partial charge in [-0.1, -0.05) is 0 Å². The molecule has 0 fully saturated rings. The number of aromatic nitrogens is 1. The maximum atomic E-state index is 10.9. The number of hydrogen-bond acceptors (Lipinski definition) is 2. The number of carbonyl (C=O) groups excluding carboxylic acids is 1. The Labute approximate surface area is 58.7 Å². The second-order valence-corrected chi connectivity index (χ2v) is 2.12. The molecule has 0 aromatic carbocycles. The van der Waals surface area contributed by atoms with E-state index >= 15 is 0 Å². The minimum Gasteiger partial charge on any atom is -0.385 e. The highest BCUT2D eigenvalue weighted by molar-refractivity contribution is 5.97. The molecule has 54 valence electrons.